The van der Waals surface area contributed by atoms with E-state index in [0.29, 0.717) is 31.7 Å². The van der Waals surface area contributed by atoms with Crippen molar-refractivity contribution in [2.75, 3.05) is 13.1 Å². The van der Waals surface area contributed by atoms with Gasteiger partial charge in [0.1, 0.15) is 17.3 Å². The topological polar surface area (TPSA) is 78.9 Å². The lowest BCUT2D eigenvalue weighted by molar-refractivity contribution is -0.128. The average molecular weight is 421 g/mol. The number of amides is 2. The number of likely N-dealkylation sites (tertiary alicyclic amines) is 1. The van der Waals surface area contributed by atoms with Crippen LogP contribution in [0, 0.1) is 5.82 Å². The first-order chi connectivity index (χ1) is 13.8. The molecule has 1 fully saturated rings. The van der Waals surface area contributed by atoms with Crippen molar-refractivity contribution < 1.29 is 23.8 Å². The zero-order valence-corrected chi connectivity index (χ0v) is 16.7. The van der Waals surface area contributed by atoms with Crippen molar-refractivity contribution in [2.24, 2.45) is 0 Å². The number of benzene rings is 2. The number of halogens is 2. The summed E-state index contributed by atoms with van der Waals surface area (Å²) in [6, 6.07) is 10.2. The van der Waals surface area contributed by atoms with Gasteiger partial charge in [-0.3, -0.25) is 9.59 Å². The van der Waals surface area contributed by atoms with Crippen LogP contribution in [0.4, 0.5) is 4.39 Å². The molecule has 3 rings (SSSR count). The minimum absolute atomic E-state index is 0.0885. The van der Waals surface area contributed by atoms with E-state index in [1.807, 2.05) is 0 Å². The van der Waals surface area contributed by atoms with Crippen LogP contribution in [0.25, 0.3) is 0 Å². The van der Waals surface area contributed by atoms with E-state index in [-0.39, 0.29) is 28.3 Å². The molecule has 2 N–H and O–H groups in total. The highest BCUT2D eigenvalue weighted by Crippen LogP contribution is 2.23. The van der Waals surface area contributed by atoms with E-state index >= 15 is 0 Å². The molecule has 1 heterocycles. The Balaban J connectivity index is 1.51. The third-order valence-electron chi connectivity index (χ3n) is 4.82. The maximum Gasteiger partial charge on any atom is 0.260 e. The Morgan fingerprint density at radius 2 is 1.86 bits per heavy atom. The summed E-state index contributed by atoms with van der Waals surface area (Å²) in [6.07, 6.45) is 0.391. The first-order valence-corrected chi connectivity index (χ1v) is 9.72. The minimum atomic E-state index is -0.712. The molecule has 0 spiro atoms. The molecule has 1 saturated heterocycles. The number of phenols is 1. The number of carbonyl (C=O) groups excluding carboxylic acids is 2. The second kappa shape index (κ2) is 9.13. The standard InChI is InChI=1S/C21H22ClFN2O4/c1-13(29-16-7-5-15(26)6-8-16)20(27)24-14-9-11-25(12-10-14)21(28)19-17(22)3-2-4-18(19)23/h2-8,13-14,26H,9-12H2,1H3,(H,24,27). The SMILES string of the molecule is CC(Oc1ccc(O)cc1)C(=O)NC1CCN(C(=O)c2c(F)cccc2Cl)CC1. The lowest BCUT2D eigenvalue weighted by atomic mass is 10.0. The lowest BCUT2D eigenvalue weighted by Crippen LogP contribution is -2.49. The Kier molecular flexibility index (Phi) is 6.59. The summed E-state index contributed by atoms with van der Waals surface area (Å²) in [6.45, 7) is 2.42. The van der Waals surface area contributed by atoms with Gasteiger partial charge in [0.15, 0.2) is 6.10 Å². The van der Waals surface area contributed by atoms with E-state index in [1.165, 1.54) is 30.3 Å². The predicted molar refractivity (Wildman–Crippen MR) is 107 cm³/mol. The van der Waals surface area contributed by atoms with Crippen molar-refractivity contribution in [2.45, 2.75) is 31.9 Å². The van der Waals surface area contributed by atoms with E-state index < -0.39 is 17.8 Å². The smallest absolute Gasteiger partial charge is 0.260 e. The van der Waals surface area contributed by atoms with Crippen molar-refractivity contribution in [1.29, 1.82) is 0 Å². The zero-order valence-electron chi connectivity index (χ0n) is 15.9. The van der Waals surface area contributed by atoms with Crippen molar-refractivity contribution in [3.8, 4) is 11.5 Å². The maximum absolute atomic E-state index is 14.0. The minimum Gasteiger partial charge on any atom is -0.508 e. The van der Waals surface area contributed by atoms with E-state index in [9.17, 15) is 19.1 Å². The summed E-state index contributed by atoms with van der Waals surface area (Å²) in [4.78, 5) is 26.5. The fourth-order valence-electron chi connectivity index (χ4n) is 3.19. The molecule has 6 nitrogen and oxygen atoms in total. The number of ether oxygens (including phenoxy) is 1. The molecule has 1 atom stereocenters. The largest absolute Gasteiger partial charge is 0.508 e. The van der Waals surface area contributed by atoms with E-state index in [0.717, 1.165) is 0 Å². The third-order valence-corrected chi connectivity index (χ3v) is 5.14. The van der Waals surface area contributed by atoms with E-state index in [4.69, 9.17) is 16.3 Å². The molecule has 2 amide bonds. The number of piperidine rings is 1. The number of carbonyl (C=O) groups is 2. The second-order valence-corrected chi connectivity index (χ2v) is 7.33. The summed E-state index contributed by atoms with van der Waals surface area (Å²) in [5.74, 6) is -0.750. The molecule has 0 saturated carbocycles. The van der Waals surface area contributed by atoms with Gasteiger partial charge in [-0.2, -0.15) is 0 Å². The Morgan fingerprint density at radius 3 is 2.48 bits per heavy atom. The molecular formula is C21H22ClFN2O4. The van der Waals surface area contributed by atoms with Crippen molar-refractivity contribution in [1.82, 2.24) is 10.2 Å². The van der Waals surface area contributed by atoms with Gasteiger partial charge in [0, 0.05) is 19.1 Å². The molecule has 0 aromatic heterocycles. The van der Waals surface area contributed by atoms with Gasteiger partial charge in [-0.15, -0.1) is 0 Å². The normalized spacial score (nSPS) is 15.6. The van der Waals surface area contributed by atoms with Crippen LogP contribution in [0.5, 0.6) is 11.5 Å². The molecule has 1 aliphatic rings. The average Bonchev–Trinajstić information content (AvgIpc) is 2.70. The molecule has 2 aromatic rings. The fourth-order valence-corrected chi connectivity index (χ4v) is 3.43. The quantitative estimate of drug-likeness (QED) is 0.777. The summed E-state index contributed by atoms with van der Waals surface area (Å²) < 4.78 is 19.5. The van der Waals surface area contributed by atoms with Crippen LogP contribution in [0.15, 0.2) is 42.5 Å². The molecule has 29 heavy (non-hydrogen) atoms. The van der Waals surface area contributed by atoms with E-state index in [1.54, 1.807) is 24.0 Å². The number of hydrogen-bond donors (Lipinski definition) is 2. The van der Waals surface area contributed by atoms with Crippen LogP contribution < -0.4 is 10.1 Å². The van der Waals surface area contributed by atoms with Crippen LogP contribution in [-0.2, 0) is 4.79 Å². The molecule has 154 valence electrons. The zero-order chi connectivity index (χ0) is 21.0. The van der Waals surface area contributed by atoms with Crippen molar-refractivity contribution >= 4 is 23.4 Å². The predicted octanol–water partition coefficient (Wildman–Crippen LogP) is 3.37. The molecule has 0 aliphatic carbocycles. The molecule has 0 bridgehead atoms. The highest BCUT2D eigenvalue weighted by atomic mass is 35.5. The summed E-state index contributed by atoms with van der Waals surface area (Å²) in [5, 5.41) is 12.3. The van der Waals surface area contributed by atoms with Crippen LogP contribution in [0.1, 0.15) is 30.1 Å². The fraction of sp³-hybridized carbons (Fsp3) is 0.333. The Morgan fingerprint density at radius 1 is 1.21 bits per heavy atom. The molecule has 1 unspecified atom stereocenters. The Bertz CT molecular complexity index is 862. The molecular weight excluding hydrogens is 399 g/mol. The van der Waals surface area contributed by atoms with Crippen molar-refractivity contribution in [3.63, 3.8) is 0 Å². The number of nitrogens with zero attached hydrogens (tertiary/aromatic N) is 1. The van der Waals surface area contributed by atoms with Gasteiger partial charge in [-0.25, -0.2) is 4.39 Å². The molecule has 2 aromatic carbocycles. The summed E-state index contributed by atoms with van der Waals surface area (Å²) in [7, 11) is 0. The van der Waals surface area contributed by atoms with Gasteiger partial charge >= 0.3 is 0 Å². The summed E-state index contributed by atoms with van der Waals surface area (Å²) in [5.41, 5.74) is -0.118. The van der Waals surface area contributed by atoms with Gasteiger partial charge in [0.25, 0.3) is 11.8 Å². The van der Waals surface area contributed by atoms with Crippen LogP contribution >= 0.6 is 11.6 Å². The molecule has 8 heteroatoms. The Hall–Kier alpha value is -2.80. The third kappa shape index (κ3) is 5.17. The van der Waals surface area contributed by atoms with Crippen LogP contribution in [0.2, 0.25) is 5.02 Å². The number of hydrogen-bond acceptors (Lipinski definition) is 4. The molecule has 1 aliphatic heterocycles. The molecule has 0 radical (unpaired) electrons. The van der Waals surface area contributed by atoms with Gasteiger partial charge in [-0.05, 0) is 56.2 Å². The monoisotopic (exact) mass is 420 g/mol. The highest BCUT2D eigenvalue weighted by molar-refractivity contribution is 6.33. The maximum atomic E-state index is 14.0. The van der Waals surface area contributed by atoms with Gasteiger partial charge in [0.2, 0.25) is 0 Å². The highest BCUT2D eigenvalue weighted by Gasteiger charge is 2.28. The number of rotatable bonds is 5. The van der Waals surface area contributed by atoms with E-state index in [2.05, 4.69) is 5.32 Å². The van der Waals surface area contributed by atoms with Crippen LogP contribution in [0.3, 0.4) is 0 Å². The van der Waals surface area contributed by atoms with Crippen molar-refractivity contribution in [3.05, 3.63) is 58.9 Å². The number of phenolic OH excluding ortho intramolecular Hbond substituents is 1. The first kappa shape index (κ1) is 20.9. The van der Waals surface area contributed by atoms with Gasteiger partial charge in [-0.1, -0.05) is 17.7 Å². The van der Waals surface area contributed by atoms with Crippen LogP contribution in [-0.4, -0.2) is 47.1 Å². The van der Waals surface area contributed by atoms with Gasteiger partial charge < -0.3 is 20.1 Å². The summed E-state index contributed by atoms with van der Waals surface area (Å²) >= 11 is 5.98. The number of nitrogens with one attached hydrogen (secondary N) is 1. The second-order valence-electron chi connectivity index (χ2n) is 6.93. The lowest BCUT2D eigenvalue weighted by Gasteiger charge is -2.33. The number of aromatic hydroxyl groups is 1. The first-order valence-electron chi connectivity index (χ1n) is 9.34. The van der Waals surface area contributed by atoms with Gasteiger partial charge in [0.05, 0.1) is 10.6 Å². The Labute approximate surface area is 173 Å².